The van der Waals surface area contributed by atoms with Gasteiger partial charge in [-0.3, -0.25) is 0 Å². The van der Waals surface area contributed by atoms with E-state index >= 15 is 0 Å². The number of ether oxygens (including phenoxy) is 3. The molecule has 0 radical (unpaired) electrons. The molecular formula is C32H62ClKN2O8. The molecule has 4 atom stereocenters. The first-order valence-corrected chi connectivity index (χ1v) is 16.7. The Balaban J connectivity index is 0. The molecule has 1 heterocycles. The normalized spacial score (nSPS) is 20.7. The van der Waals surface area contributed by atoms with Crippen LogP contribution < -0.4 is 62.0 Å². The average molecular weight is 677 g/mol. The molecule has 0 aromatic carbocycles. The molecule has 5 N–H and O–H groups in total. The molecular weight excluding hydrogens is 615 g/mol. The molecule has 3 fully saturated rings. The summed E-state index contributed by atoms with van der Waals surface area (Å²) in [7, 11) is 0. The largest absolute Gasteiger partial charge is 1.00 e. The Morgan fingerprint density at radius 1 is 0.841 bits per heavy atom. The van der Waals surface area contributed by atoms with E-state index in [2.05, 4.69) is 10.6 Å². The third-order valence-corrected chi connectivity index (χ3v) is 7.77. The molecule has 44 heavy (non-hydrogen) atoms. The van der Waals surface area contributed by atoms with Gasteiger partial charge in [0.05, 0.1) is 30.7 Å². The van der Waals surface area contributed by atoms with Crippen LogP contribution in [-0.4, -0.2) is 82.5 Å². The van der Waals surface area contributed by atoms with Gasteiger partial charge in [-0.1, -0.05) is 64.2 Å². The number of nitrogens with one attached hydrogen (secondary N) is 2. The summed E-state index contributed by atoms with van der Waals surface area (Å²) in [5.41, 5.74) is -0.977. The molecule has 12 heteroatoms. The van der Waals surface area contributed by atoms with Crippen LogP contribution in [0.5, 0.6) is 0 Å². The zero-order valence-corrected chi connectivity index (χ0v) is 32.7. The quantitative estimate of drug-likeness (QED) is 0.164. The first kappa shape index (κ1) is 46.4. The molecule has 0 aromatic rings. The van der Waals surface area contributed by atoms with Crippen LogP contribution in [0.4, 0.5) is 9.59 Å². The third-order valence-electron chi connectivity index (χ3n) is 7.46. The summed E-state index contributed by atoms with van der Waals surface area (Å²) < 4.78 is 16.0. The van der Waals surface area contributed by atoms with Crippen LogP contribution in [0.1, 0.15) is 126 Å². The first-order chi connectivity index (χ1) is 19.7. The second kappa shape index (κ2) is 24.4. The van der Waals surface area contributed by atoms with Crippen LogP contribution in [0.3, 0.4) is 0 Å². The number of hydrogen-bond acceptors (Lipinski definition) is 8. The maximum atomic E-state index is 11.9. The molecule has 3 aliphatic rings. The van der Waals surface area contributed by atoms with Gasteiger partial charge in [0, 0.05) is 6.61 Å². The maximum absolute atomic E-state index is 11.9. The fraction of sp³-hybridized carbons (Fsp3) is 0.938. The zero-order valence-electron chi connectivity index (χ0n) is 28.8. The Morgan fingerprint density at radius 2 is 1.23 bits per heavy atom. The fourth-order valence-electron chi connectivity index (χ4n) is 5.49. The molecule has 256 valence electrons. The number of halogens is 1. The molecule has 2 saturated carbocycles. The zero-order chi connectivity index (χ0) is 31.8. The summed E-state index contributed by atoms with van der Waals surface area (Å²) in [4.78, 5) is 23.7. The molecule has 2 aliphatic carbocycles. The first-order valence-electron chi connectivity index (χ1n) is 16.1. The van der Waals surface area contributed by atoms with Crippen molar-refractivity contribution in [3.05, 3.63) is 0 Å². The number of amides is 2. The van der Waals surface area contributed by atoms with Crippen molar-refractivity contribution in [3.63, 3.8) is 0 Å². The van der Waals surface area contributed by atoms with Crippen LogP contribution >= 0.6 is 11.6 Å². The number of hydrogen-bond donors (Lipinski definition) is 4. The Kier molecular flexibility index (Phi) is 25.8. The van der Waals surface area contributed by atoms with E-state index in [0.29, 0.717) is 5.92 Å². The van der Waals surface area contributed by atoms with Crippen LogP contribution in [-0.2, 0) is 14.2 Å². The number of alkyl carbamates (subject to hydrolysis) is 2. The van der Waals surface area contributed by atoms with Gasteiger partial charge < -0.3 is 40.5 Å². The van der Waals surface area contributed by atoms with E-state index in [9.17, 15) is 14.7 Å². The monoisotopic (exact) mass is 676 g/mol. The molecule has 1 aliphatic heterocycles. The number of rotatable bonds is 9. The molecule has 0 aromatic heterocycles. The van der Waals surface area contributed by atoms with Gasteiger partial charge >= 0.3 is 63.6 Å². The summed E-state index contributed by atoms with van der Waals surface area (Å²) in [6.07, 6.45) is 13.2. The predicted molar refractivity (Wildman–Crippen MR) is 170 cm³/mol. The number of aliphatic hydroxyl groups is 2. The number of carbonyl (C=O) groups excluding carboxylic acids is 2. The van der Waals surface area contributed by atoms with Gasteiger partial charge in [-0.15, -0.1) is 11.6 Å². The molecule has 0 unspecified atom stereocenters. The van der Waals surface area contributed by atoms with Gasteiger partial charge in [0.2, 0.25) is 0 Å². The summed E-state index contributed by atoms with van der Waals surface area (Å²) in [6, 6.07) is -0.205. The van der Waals surface area contributed by atoms with E-state index in [-0.39, 0.29) is 93.6 Å². The van der Waals surface area contributed by atoms with E-state index in [1.165, 1.54) is 64.2 Å². The second-order valence-electron chi connectivity index (χ2n) is 13.9. The van der Waals surface area contributed by atoms with Crippen molar-refractivity contribution in [1.82, 2.24) is 10.6 Å². The molecule has 10 nitrogen and oxygen atoms in total. The SMILES string of the molecule is CC(C)(C)OC(=O)N[C@@H](CC1CCCCC1)[C@@H](O)CCl.CC(C)(C)OC(=O)N[C@@H](CC1CCCCC1)[C@@H]1CO1.CCO.[K+].[OH-]. The number of epoxide rings is 1. The van der Waals surface area contributed by atoms with E-state index in [4.69, 9.17) is 30.9 Å². The van der Waals surface area contributed by atoms with Crippen molar-refractivity contribution in [2.45, 2.75) is 161 Å². The second-order valence-corrected chi connectivity index (χ2v) is 14.2. The van der Waals surface area contributed by atoms with Crippen molar-refractivity contribution < 1.29 is 90.9 Å². The minimum Gasteiger partial charge on any atom is -0.870 e. The molecule has 0 spiro atoms. The van der Waals surface area contributed by atoms with Crippen LogP contribution in [0.25, 0.3) is 0 Å². The molecule has 1 saturated heterocycles. The summed E-state index contributed by atoms with van der Waals surface area (Å²) >= 11 is 5.74. The van der Waals surface area contributed by atoms with E-state index < -0.39 is 23.4 Å². The van der Waals surface area contributed by atoms with Gasteiger partial charge in [-0.05, 0) is 73.1 Å². The Hall–Kier alpha value is 0.306. The topological polar surface area (TPSA) is 160 Å². The van der Waals surface area contributed by atoms with Crippen LogP contribution in [0.2, 0.25) is 0 Å². The molecule has 0 bridgehead atoms. The van der Waals surface area contributed by atoms with Crippen molar-refractivity contribution in [3.8, 4) is 0 Å². The van der Waals surface area contributed by atoms with Crippen LogP contribution in [0, 0.1) is 11.8 Å². The number of aliphatic hydroxyl groups excluding tert-OH is 2. The van der Waals surface area contributed by atoms with Gasteiger partial charge in [0.25, 0.3) is 0 Å². The summed E-state index contributed by atoms with van der Waals surface area (Å²) in [5, 5.41) is 23.3. The summed E-state index contributed by atoms with van der Waals surface area (Å²) in [5.74, 6) is 1.41. The molecule has 3 rings (SSSR count). The third kappa shape index (κ3) is 23.6. The van der Waals surface area contributed by atoms with E-state index in [1.54, 1.807) is 6.92 Å². The Morgan fingerprint density at radius 3 is 1.59 bits per heavy atom. The minimum atomic E-state index is -0.730. The van der Waals surface area contributed by atoms with Crippen molar-refractivity contribution in [2.24, 2.45) is 11.8 Å². The number of carbonyl (C=O) groups is 2. The van der Waals surface area contributed by atoms with Crippen molar-refractivity contribution in [1.29, 1.82) is 0 Å². The molecule has 2 amide bonds. The van der Waals surface area contributed by atoms with Crippen molar-refractivity contribution >= 4 is 23.8 Å². The van der Waals surface area contributed by atoms with Crippen LogP contribution in [0.15, 0.2) is 0 Å². The maximum Gasteiger partial charge on any atom is 1.00 e. The van der Waals surface area contributed by atoms with Gasteiger partial charge in [-0.2, -0.15) is 0 Å². The summed E-state index contributed by atoms with van der Waals surface area (Å²) in [6.45, 7) is 13.8. The van der Waals surface area contributed by atoms with Crippen molar-refractivity contribution in [2.75, 3.05) is 19.1 Å². The van der Waals surface area contributed by atoms with E-state index in [0.717, 1.165) is 25.4 Å². The Labute approximate surface area is 314 Å². The van der Waals surface area contributed by atoms with Gasteiger partial charge in [0.1, 0.15) is 17.3 Å². The average Bonchev–Trinajstić information content (AvgIpc) is 3.73. The fourth-order valence-corrected chi connectivity index (χ4v) is 5.71. The van der Waals surface area contributed by atoms with Gasteiger partial charge in [0.15, 0.2) is 0 Å². The van der Waals surface area contributed by atoms with Gasteiger partial charge in [-0.25, -0.2) is 9.59 Å². The standard InChI is InChI=1S/C15H28ClNO3.C15H27NO3.C2H6O.K.H2O/c1-15(2,3)20-14(19)17-12(13(18)10-16)9-11-7-5-4-6-8-11;1-15(2,3)19-14(17)16-12(13-10-18-13)9-11-7-5-4-6-8-11;1-2-3;;/h11-13,18H,4-10H2,1-3H3,(H,17,19);11-13H,4-10H2,1-3H3,(H,16,17);3H,2H2,1H3;;1H2/q;;;+1;/p-1/t2*12-,13-;;;/m00.../s1. The predicted octanol–water partition coefficient (Wildman–Crippen LogP) is 3.52. The van der Waals surface area contributed by atoms with E-state index in [1.807, 2.05) is 41.5 Å². The number of alkyl halides is 1. The Bertz CT molecular complexity index is 750. The minimum absolute atomic E-state index is 0. The smallest absolute Gasteiger partial charge is 0.870 e.